The standard InChI is InChI=1S/C20H32O4/c1-6-8-16(12-18(21)14-22-4)9-10-17-11-15(3)20(24-7-2)19(13-17)23-5/h6,8,11-12,17,19-21H,1,7,9-10,13-14H2,2-5H3/b16-8-,18-12+. The lowest BCUT2D eigenvalue weighted by Gasteiger charge is -2.34. The molecule has 0 saturated carbocycles. The average molecular weight is 336 g/mol. The number of methoxy groups -OCH3 is 2. The van der Waals surface area contributed by atoms with Gasteiger partial charge in [0.15, 0.2) is 0 Å². The van der Waals surface area contributed by atoms with E-state index < -0.39 is 0 Å². The van der Waals surface area contributed by atoms with Gasteiger partial charge >= 0.3 is 0 Å². The van der Waals surface area contributed by atoms with Crippen molar-refractivity contribution in [2.75, 3.05) is 27.4 Å². The molecule has 1 N–H and O–H groups in total. The molecule has 4 heteroatoms. The summed E-state index contributed by atoms with van der Waals surface area (Å²) in [5, 5.41) is 9.81. The van der Waals surface area contributed by atoms with Crippen molar-refractivity contribution in [1.29, 1.82) is 0 Å². The second kappa shape index (κ2) is 11.2. The Bertz CT molecular complexity index is 476. The van der Waals surface area contributed by atoms with Crippen molar-refractivity contribution < 1.29 is 19.3 Å². The van der Waals surface area contributed by atoms with Gasteiger partial charge < -0.3 is 19.3 Å². The minimum Gasteiger partial charge on any atom is -0.510 e. The molecule has 0 spiro atoms. The predicted molar refractivity (Wildman–Crippen MR) is 98.2 cm³/mol. The lowest BCUT2D eigenvalue weighted by molar-refractivity contribution is -0.0479. The fourth-order valence-corrected chi connectivity index (χ4v) is 3.20. The van der Waals surface area contributed by atoms with Gasteiger partial charge in [-0.15, -0.1) is 0 Å². The van der Waals surface area contributed by atoms with E-state index in [1.54, 1.807) is 26.4 Å². The summed E-state index contributed by atoms with van der Waals surface area (Å²) in [7, 11) is 3.32. The highest BCUT2D eigenvalue weighted by Crippen LogP contribution is 2.31. The Balaban J connectivity index is 2.72. The van der Waals surface area contributed by atoms with Gasteiger partial charge in [0.05, 0.1) is 6.10 Å². The number of aliphatic hydroxyl groups is 1. The lowest BCUT2D eigenvalue weighted by Crippen LogP contribution is -2.37. The molecular weight excluding hydrogens is 304 g/mol. The van der Waals surface area contributed by atoms with E-state index in [4.69, 9.17) is 14.2 Å². The zero-order valence-electron chi connectivity index (χ0n) is 15.5. The van der Waals surface area contributed by atoms with Crippen molar-refractivity contribution in [2.45, 2.75) is 45.3 Å². The molecule has 0 aromatic heterocycles. The smallest absolute Gasteiger partial charge is 0.118 e. The summed E-state index contributed by atoms with van der Waals surface area (Å²) in [6.07, 6.45) is 10.7. The van der Waals surface area contributed by atoms with Crippen LogP contribution in [-0.4, -0.2) is 44.7 Å². The largest absolute Gasteiger partial charge is 0.510 e. The fraction of sp³-hybridized carbons (Fsp3) is 0.600. The van der Waals surface area contributed by atoms with Crippen LogP contribution in [0.3, 0.4) is 0 Å². The summed E-state index contributed by atoms with van der Waals surface area (Å²) in [5.74, 6) is 0.671. The monoisotopic (exact) mass is 336 g/mol. The fourth-order valence-electron chi connectivity index (χ4n) is 3.20. The number of hydrogen-bond acceptors (Lipinski definition) is 4. The van der Waals surface area contributed by atoms with Gasteiger partial charge in [-0.2, -0.15) is 0 Å². The van der Waals surface area contributed by atoms with Gasteiger partial charge in [0.1, 0.15) is 18.5 Å². The molecule has 3 unspecified atom stereocenters. The van der Waals surface area contributed by atoms with Crippen LogP contribution < -0.4 is 0 Å². The molecule has 0 saturated heterocycles. The molecule has 0 aromatic rings. The molecule has 0 aromatic carbocycles. The van der Waals surface area contributed by atoms with Crippen LogP contribution in [0.1, 0.15) is 33.1 Å². The van der Waals surface area contributed by atoms with Crippen LogP contribution in [0.5, 0.6) is 0 Å². The van der Waals surface area contributed by atoms with Crippen LogP contribution in [0.4, 0.5) is 0 Å². The molecule has 1 rings (SSSR count). The number of ether oxygens (including phenoxy) is 3. The van der Waals surface area contributed by atoms with Crippen LogP contribution in [0.2, 0.25) is 0 Å². The normalized spacial score (nSPS) is 25.5. The Kier molecular flexibility index (Phi) is 9.69. The molecule has 0 heterocycles. The molecule has 4 nitrogen and oxygen atoms in total. The topological polar surface area (TPSA) is 47.9 Å². The SMILES string of the molecule is C=C/C=C(\C=C(\O)COC)CCC1C=C(C)C(OCC)C(OC)C1. The number of aliphatic hydroxyl groups excluding tert-OH is 1. The number of rotatable bonds is 10. The van der Waals surface area contributed by atoms with E-state index in [0.717, 1.165) is 24.8 Å². The first-order valence-corrected chi connectivity index (χ1v) is 8.58. The van der Waals surface area contributed by atoms with Crippen molar-refractivity contribution in [3.63, 3.8) is 0 Å². The van der Waals surface area contributed by atoms with Crippen molar-refractivity contribution >= 4 is 0 Å². The Morgan fingerprint density at radius 2 is 2.17 bits per heavy atom. The van der Waals surface area contributed by atoms with E-state index in [-0.39, 0.29) is 24.6 Å². The Labute approximate surface area is 146 Å². The lowest BCUT2D eigenvalue weighted by atomic mass is 9.83. The average Bonchev–Trinajstić information content (AvgIpc) is 2.55. The maximum atomic E-state index is 9.81. The summed E-state index contributed by atoms with van der Waals surface area (Å²) in [5.41, 5.74) is 2.29. The van der Waals surface area contributed by atoms with Crippen molar-refractivity contribution in [3.8, 4) is 0 Å². The molecule has 0 aliphatic heterocycles. The van der Waals surface area contributed by atoms with Crippen molar-refractivity contribution in [1.82, 2.24) is 0 Å². The first-order chi connectivity index (χ1) is 11.5. The maximum absolute atomic E-state index is 9.81. The van der Waals surface area contributed by atoms with Gasteiger partial charge in [-0.3, -0.25) is 0 Å². The van der Waals surface area contributed by atoms with Gasteiger partial charge in [0.25, 0.3) is 0 Å². The van der Waals surface area contributed by atoms with Crippen LogP contribution in [0.25, 0.3) is 0 Å². The second-order valence-corrected chi connectivity index (χ2v) is 6.14. The molecule has 0 radical (unpaired) electrons. The third kappa shape index (κ3) is 6.63. The Morgan fingerprint density at radius 1 is 1.42 bits per heavy atom. The highest BCUT2D eigenvalue weighted by molar-refractivity contribution is 5.25. The Morgan fingerprint density at radius 3 is 2.75 bits per heavy atom. The van der Waals surface area contributed by atoms with Crippen molar-refractivity contribution in [2.24, 2.45) is 5.92 Å². The molecule has 0 amide bonds. The highest BCUT2D eigenvalue weighted by Gasteiger charge is 2.30. The van der Waals surface area contributed by atoms with E-state index in [2.05, 4.69) is 19.6 Å². The quantitative estimate of drug-likeness (QED) is 0.366. The molecule has 0 fully saturated rings. The molecule has 136 valence electrons. The molecule has 0 bridgehead atoms. The number of allylic oxidation sites excluding steroid dienone is 5. The number of hydrogen-bond donors (Lipinski definition) is 1. The molecule has 3 atom stereocenters. The van der Waals surface area contributed by atoms with E-state index in [9.17, 15) is 5.11 Å². The minimum atomic E-state index is 0.0603. The maximum Gasteiger partial charge on any atom is 0.118 e. The van der Waals surface area contributed by atoms with Crippen LogP contribution in [0.15, 0.2) is 47.8 Å². The third-order valence-corrected chi connectivity index (χ3v) is 4.25. The summed E-state index contributed by atoms with van der Waals surface area (Å²) in [6.45, 7) is 8.79. The molecular formula is C20H32O4. The van der Waals surface area contributed by atoms with E-state index in [1.165, 1.54) is 5.57 Å². The van der Waals surface area contributed by atoms with Crippen molar-refractivity contribution in [3.05, 3.63) is 47.8 Å². The van der Waals surface area contributed by atoms with Gasteiger partial charge in [0.2, 0.25) is 0 Å². The van der Waals surface area contributed by atoms with E-state index in [1.807, 2.05) is 13.0 Å². The zero-order valence-corrected chi connectivity index (χ0v) is 15.5. The zero-order chi connectivity index (χ0) is 17.9. The summed E-state index contributed by atoms with van der Waals surface area (Å²) in [6, 6.07) is 0. The first kappa shape index (κ1) is 20.7. The van der Waals surface area contributed by atoms with Gasteiger partial charge in [-0.05, 0) is 56.3 Å². The van der Waals surface area contributed by atoms with Gasteiger partial charge in [0, 0.05) is 20.8 Å². The van der Waals surface area contributed by atoms with Gasteiger partial charge in [-0.1, -0.05) is 24.8 Å². The third-order valence-electron chi connectivity index (χ3n) is 4.25. The van der Waals surface area contributed by atoms with Crippen LogP contribution >= 0.6 is 0 Å². The molecule has 1 aliphatic rings. The van der Waals surface area contributed by atoms with Crippen LogP contribution in [0, 0.1) is 5.92 Å². The van der Waals surface area contributed by atoms with E-state index in [0.29, 0.717) is 12.5 Å². The summed E-state index contributed by atoms with van der Waals surface area (Å²) < 4.78 is 16.4. The van der Waals surface area contributed by atoms with Crippen LogP contribution in [-0.2, 0) is 14.2 Å². The Hall–Kier alpha value is -1.36. The summed E-state index contributed by atoms with van der Waals surface area (Å²) in [4.78, 5) is 0. The minimum absolute atomic E-state index is 0.0603. The predicted octanol–water partition coefficient (Wildman–Crippen LogP) is 4.35. The highest BCUT2D eigenvalue weighted by atomic mass is 16.5. The molecule has 1 aliphatic carbocycles. The van der Waals surface area contributed by atoms with E-state index >= 15 is 0 Å². The van der Waals surface area contributed by atoms with Gasteiger partial charge in [-0.25, -0.2) is 0 Å². The second-order valence-electron chi connectivity index (χ2n) is 6.14. The summed E-state index contributed by atoms with van der Waals surface area (Å²) >= 11 is 0. The first-order valence-electron chi connectivity index (χ1n) is 8.58. The molecule has 24 heavy (non-hydrogen) atoms.